The van der Waals surface area contributed by atoms with E-state index < -0.39 is 0 Å². The Labute approximate surface area is 251 Å². The Morgan fingerprint density at radius 3 is 2.76 bits per heavy atom. The molecule has 218 valence electrons. The van der Waals surface area contributed by atoms with Gasteiger partial charge in [0, 0.05) is 48.9 Å². The summed E-state index contributed by atoms with van der Waals surface area (Å²) in [5, 5.41) is 0.189. The van der Waals surface area contributed by atoms with Crippen LogP contribution in [0.25, 0.3) is 5.57 Å². The van der Waals surface area contributed by atoms with Gasteiger partial charge in [0.1, 0.15) is 17.7 Å². The van der Waals surface area contributed by atoms with Gasteiger partial charge in [0.25, 0.3) is 0 Å². The highest BCUT2D eigenvalue weighted by Crippen LogP contribution is 2.37. The number of nitrogens with zero attached hydrogens (tertiary/aromatic N) is 6. The minimum Gasteiger partial charge on any atom is -0.495 e. The summed E-state index contributed by atoms with van der Waals surface area (Å²) in [5.41, 5.74) is 3.74. The molecule has 2 fully saturated rings. The van der Waals surface area contributed by atoms with Crippen molar-refractivity contribution in [1.29, 1.82) is 0 Å². The molecule has 2 aromatic rings. The largest absolute Gasteiger partial charge is 0.495 e. The molecule has 1 aromatic carbocycles. The molecule has 3 aliphatic rings. The van der Waals surface area contributed by atoms with E-state index in [1.807, 2.05) is 32.2 Å². The van der Waals surface area contributed by atoms with E-state index in [1.165, 1.54) is 0 Å². The van der Waals surface area contributed by atoms with Crippen molar-refractivity contribution < 1.29 is 14.3 Å². The summed E-state index contributed by atoms with van der Waals surface area (Å²) >= 11 is 0.979. The van der Waals surface area contributed by atoms with E-state index in [1.54, 1.807) is 19.5 Å². The maximum absolute atomic E-state index is 13.9. The fraction of sp³-hybridized carbons (Fsp3) is 0.438. The van der Waals surface area contributed by atoms with Gasteiger partial charge in [-0.1, -0.05) is 5.92 Å². The van der Waals surface area contributed by atoms with Crippen molar-refractivity contribution in [3.05, 3.63) is 47.0 Å². The molecule has 42 heavy (non-hydrogen) atoms. The molecule has 9 nitrogen and oxygen atoms in total. The summed E-state index contributed by atoms with van der Waals surface area (Å²) in [6, 6.07) is 6.43. The number of hydrogen-bond acceptors (Lipinski definition) is 10. The fourth-order valence-corrected chi connectivity index (χ4v) is 5.67. The maximum atomic E-state index is 13.9. The van der Waals surface area contributed by atoms with Crippen molar-refractivity contribution in [2.24, 2.45) is 15.9 Å². The van der Waals surface area contributed by atoms with Crippen molar-refractivity contribution in [2.45, 2.75) is 56.1 Å². The van der Waals surface area contributed by atoms with Crippen LogP contribution in [0.5, 0.6) is 0 Å². The number of rotatable bonds is 12. The number of anilines is 1. The lowest BCUT2D eigenvalue weighted by molar-refractivity contribution is -0.109. The third-order valence-corrected chi connectivity index (χ3v) is 8.46. The van der Waals surface area contributed by atoms with Gasteiger partial charge >= 0.3 is 0 Å². The molecule has 10 heteroatoms. The Bertz CT molecular complexity index is 1480. The molecule has 1 unspecified atom stereocenters. The zero-order valence-corrected chi connectivity index (χ0v) is 25.2. The van der Waals surface area contributed by atoms with Crippen LogP contribution in [0.1, 0.15) is 60.6 Å². The van der Waals surface area contributed by atoms with Gasteiger partial charge in [0.05, 0.1) is 32.1 Å². The van der Waals surface area contributed by atoms with Crippen molar-refractivity contribution in [2.75, 3.05) is 38.7 Å². The van der Waals surface area contributed by atoms with Gasteiger partial charge in [-0.25, -0.2) is 15.0 Å². The molecule has 0 bridgehead atoms. The molecule has 2 saturated carbocycles. The number of hydrogen-bond donors (Lipinski definition) is 0. The molecular formula is C32H36N6O3S. The van der Waals surface area contributed by atoms with Gasteiger partial charge in [0.2, 0.25) is 5.12 Å². The van der Waals surface area contributed by atoms with Crippen LogP contribution in [0.2, 0.25) is 0 Å². The first kappa shape index (κ1) is 29.7. The van der Waals surface area contributed by atoms with Crippen molar-refractivity contribution >= 4 is 53.2 Å². The van der Waals surface area contributed by atoms with E-state index >= 15 is 0 Å². The second-order valence-corrected chi connectivity index (χ2v) is 11.9. The normalized spacial score (nSPS) is 18.0. The molecule has 5 rings (SSSR count). The van der Waals surface area contributed by atoms with E-state index in [2.05, 4.69) is 48.3 Å². The SMILES string of the molecule is C=Nc1ncc(C#CC2CC2)nc1SC(=O)c1ccc(N(C)CCN(CC=O)C2CC2)cc1C1=C(OC)C=NC(C)C1. The summed E-state index contributed by atoms with van der Waals surface area (Å²) in [5.74, 6) is 7.63. The second-order valence-electron chi connectivity index (χ2n) is 10.9. The van der Waals surface area contributed by atoms with E-state index in [-0.39, 0.29) is 11.2 Å². The van der Waals surface area contributed by atoms with E-state index in [9.17, 15) is 9.59 Å². The van der Waals surface area contributed by atoms with Crippen molar-refractivity contribution in [3.63, 3.8) is 0 Å². The monoisotopic (exact) mass is 584 g/mol. The second kappa shape index (κ2) is 13.4. The Morgan fingerprint density at radius 2 is 2.07 bits per heavy atom. The number of aliphatic imine (C=N–C) groups is 2. The van der Waals surface area contributed by atoms with Crippen LogP contribution in [0.15, 0.2) is 45.2 Å². The molecule has 0 spiro atoms. The summed E-state index contributed by atoms with van der Waals surface area (Å²) in [6.45, 7) is 7.64. The molecule has 1 aliphatic heterocycles. The van der Waals surface area contributed by atoms with E-state index in [0.29, 0.717) is 52.8 Å². The van der Waals surface area contributed by atoms with Gasteiger partial charge in [-0.15, -0.1) is 0 Å². The Morgan fingerprint density at radius 1 is 1.26 bits per heavy atom. The molecule has 0 amide bonds. The number of allylic oxidation sites excluding steroid dienone is 1. The van der Waals surface area contributed by atoms with Gasteiger partial charge in [-0.3, -0.25) is 14.7 Å². The fourth-order valence-electron chi connectivity index (χ4n) is 4.85. The summed E-state index contributed by atoms with van der Waals surface area (Å²) in [4.78, 5) is 46.9. The van der Waals surface area contributed by atoms with Crippen LogP contribution >= 0.6 is 11.8 Å². The molecule has 1 atom stereocenters. The van der Waals surface area contributed by atoms with Crippen LogP contribution in [-0.2, 0) is 9.53 Å². The minimum atomic E-state index is -0.185. The molecule has 0 saturated heterocycles. The van der Waals surface area contributed by atoms with Gasteiger partial charge in [-0.2, -0.15) is 0 Å². The lowest BCUT2D eigenvalue weighted by Crippen LogP contribution is -2.36. The number of ether oxygens (including phenoxy) is 1. The Hall–Kier alpha value is -3.81. The average Bonchev–Trinajstić information content (AvgIpc) is 3.93. The number of likely N-dealkylation sites (N-methyl/N-ethyl adjacent to an activating group) is 1. The highest BCUT2D eigenvalue weighted by Gasteiger charge is 2.29. The van der Waals surface area contributed by atoms with Gasteiger partial charge in [0.15, 0.2) is 10.8 Å². The maximum Gasteiger partial charge on any atom is 0.226 e. The lowest BCUT2D eigenvalue weighted by Gasteiger charge is -2.27. The molecule has 1 aromatic heterocycles. The standard InChI is InChI=1S/C32H36N6O3S/c1-21-17-28(29(41-4)20-34-21)27-18-25(37(3)13-14-38(15-16-39)24-9-10-24)11-12-26(27)32(40)42-31-30(33-2)35-19-23(36-31)8-7-22-5-6-22/h11-12,16,18-22,24H,2,5-6,9-10,13-15,17H2,1,3-4H3. The molecule has 0 radical (unpaired) electrons. The number of dihydropyridines is 1. The van der Waals surface area contributed by atoms with E-state index in [0.717, 1.165) is 73.6 Å². The highest BCUT2D eigenvalue weighted by molar-refractivity contribution is 8.14. The zero-order chi connectivity index (χ0) is 29.6. The topological polar surface area (TPSA) is 100 Å². The number of aldehydes is 1. The predicted octanol–water partition coefficient (Wildman–Crippen LogP) is 4.82. The number of aromatic nitrogens is 2. The number of carbonyl (C=O) groups excluding carboxylic acids is 2. The third-order valence-electron chi connectivity index (χ3n) is 7.59. The van der Waals surface area contributed by atoms with Crippen LogP contribution in [0.4, 0.5) is 11.5 Å². The van der Waals surface area contributed by atoms with Crippen LogP contribution in [-0.4, -0.2) is 85.1 Å². The number of methoxy groups -OCH3 is 1. The molecular weight excluding hydrogens is 548 g/mol. The van der Waals surface area contributed by atoms with Gasteiger partial charge in [-0.05, 0) is 87.2 Å². The quantitative estimate of drug-likeness (QED) is 0.152. The summed E-state index contributed by atoms with van der Waals surface area (Å²) < 4.78 is 5.70. The summed E-state index contributed by atoms with van der Waals surface area (Å²) in [6.07, 6.45) is 9.44. The summed E-state index contributed by atoms with van der Waals surface area (Å²) in [7, 11) is 3.65. The van der Waals surface area contributed by atoms with E-state index in [4.69, 9.17) is 4.74 Å². The van der Waals surface area contributed by atoms with Crippen LogP contribution in [0.3, 0.4) is 0 Å². The number of benzene rings is 1. The van der Waals surface area contributed by atoms with Crippen molar-refractivity contribution in [1.82, 2.24) is 14.9 Å². The highest BCUT2D eigenvalue weighted by atomic mass is 32.2. The Balaban J connectivity index is 1.46. The van der Waals surface area contributed by atoms with Crippen LogP contribution < -0.4 is 4.90 Å². The van der Waals surface area contributed by atoms with Gasteiger partial charge < -0.3 is 14.4 Å². The number of carbonyl (C=O) groups is 2. The average molecular weight is 585 g/mol. The molecule has 2 aliphatic carbocycles. The van der Waals surface area contributed by atoms with Crippen LogP contribution in [0, 0.1) is 17.8 Å². The molecule has 2 heterocycles. The minimum absolute atomic E-state index is 0.0514. The third kappa shape index (κ3) is 7.33. The number of thioether (sulfide) groups is 1. The smallest absolute Gasteiger partial charge is 0.226 e. The predicted molar refractivity (Wildman–Crippen MR) is 168 cm³/mol. The molecule has 0 N–H and O–H groups in total. The first-order valence-electron chi connectivity index (χ1n) is 14.3. The lowest BCUT2D eigenvalue weighted by atomic mass is 9.92. The Kier molecular flexibility index (Phi) is 9.50. The van der Waals surface area contributed by atoms with Crippen molar-refractivity contribution in [3.8, 4) is 11.8 Å². The first-order valence-corrected chi connectivity index (χ1v) is 15.1. The zero-order valence-electron chi connectivity index (χ0n) is 24.4. The first-order chi connectivity index (χ1) is 20.4.